The minimum Gasteiger partial charge on any atom is -0.319 e. The quantitative estimate of drug-likeness (QED) is 0.656. The maximum absolute atomic E-state index is 13.3. The lowest BCUT2D eigenvalue weighted by molar-refractivity contribution is -0.130. The molecule has 0 aromatic heterocycles. The van der Waals surface area contributed by atoms with Crippen molar-refractivity contribution in [1.29, 1.82) is 0 Å². The molecule has 1 aliphatic rings. The Hall–Kier alpha value is -2.80. The molecule has 0 unspecified atom stereocenters. The van der Waals surface area contributed by atoms with E-state index < -0.39 is 41.4 Å². The molecular weight excluding hydrogens is 366 g/mol. The van der Waals surface area contributed by atoms with Gasteiger partial charge in [-0.3, -0.25) is 14.5 Å². The summed E-state index contributed by atoms with van der Waals surface area (Å²) in [6.45, 7) is 0.881. The van der Waals surface area contributed by atoms with Crippen molar-refractivity contribution in [2.45, 2.75) is 12.5 Å². The predicted molar refractivity (Wildman–Crippen MR) is 89.7 cm³/mol. The summed E-state index contributed by atoms with van der Waals surface area (Å²) >= 11 is 6.12. The highest BCUT2D eigenvalue weighted by Crippen LogP contribution is 2.33. The fourth-order valence-electron chi connectivity index (χ4n) is 2.79. The van der Waals surface area contributed by atoms with E-state index in [-0.39, 0.29) is 10.6 Å². The fraction of sp³-hybridized carbons (Fsp3) is 0.167. The number of rotatable bonds is 4. The number of urea groups is 1. The van der Waals surface area contributed by atoms with Gasteiger partial charge in [0, 0.05) is 16.1 Å². The van der Waals surface area contributed by atoms with E-state index in [2.05, 4.69) is 5.32 Å². The third kappa shape index (κ3) is 2.94. The standard InChI is InChI=1S/C18H13ClF2N2O3/c1-18(11-4-2-3-5-12(11)19)16(25)23(17(26)22-18)9-15(24)10-6-7-13(20)14(21)8-10/h2-8H,9H2,1H3,(H,22,26)/t18-/m1/s1. The largest absolute Gasteiger partial charge is 0.325 e. The number of nitrogens with zero attached hydrogens (tertiary/aromatic N) is 1. The average molecular weight is 379 g/mol. The topological polar surface area (TPSA) is 66.5 Å². The Kier molecular flexibility index (Phi) is 4.50. The third-order valence-electron chi connectivity index (χ3n) is 4.23. The molecule has 1 atom stereocenters. The molecule has 5 nitrogen and oxygen atoms in total. The van der Waals surface area contributed by atoms with E-state index in [9.17, 15) is 23.2 Å². The van der Waals surface area contributed by atoms with E-state index in [1.807, 2.05) is 0 Å². The van der Waals surface area contributed by atoms with Crippen molar-refractivity contribution in [3.63, 3.8) is 0 Å². The van der Waals surface area contributed by atoms with Gasteiger partial charge in [0.15, 0.2) is 17.4 Å². The van der Waals surface area contributed by atoms with Crippen molar-refractivity contribution in [2.75, 3.05) is 6.54 Å². The number of hydrogen-bond acceptors (Lipinski definition) is 3. The van der Waals surface area contributed by atoms with Gasteiger partial charge in [-0.1, -0.05) is 29.8 Å². The van der Waals surface area contributed by atoms with Crippen LogP contribution in [0.15, 0.2) is 42.5 Å². The first-order valence-electron chi connectivity index (χ1n) is 7.61. The summed E-state index contributed by atoms with van der Waals surface area (Å²) in [6, 6.07) is 8.38. The van der Waals surface area contributed by atoms with E-state index in [0.717, 1.165) is 23.1 Å². The van der Waals surface area contributed by atoms with Crippen LogP contribution >= 0.6 is 11.6 Å². The molecule has 1 aliphatic heterocycles. The van der Waals surface area contributed by atoms with E-state index in [1.54, 1.807) is 24.3 Å². The Labute approximate surface area is 152 Å². The molecule has 8 heteroatoms. The number of imide groups is 1. The molecule has 0 radical (unpaired) electrons. The third-order valence-corrected chi connectivity index (χ3v) is 4.56. The molecule has 1 heterocycles. The second-order valence-electron chi connectivity index (χ2n) is 5.98. The van der Waals surface area contributed by atoms with Gasteiger partial charge < -0.3 is 5.32 Å². The van der Waals surface area contributed by atoms with Gasteiger partial charge >= 0.3 is 6.03 Å². The van der Waals surface area contributed by atoms with Gasteiger partial charge in [-0.05, 0) is 31.2 Å². The van der Waals surface area contributed by atoms with Gasteiger partial charge in [0.05, 0.1) is 6.54 Å². The molecule has 0 spiro atoms. The minimum absolute atomic E-state index is 0.143. The van der Waals surface area contributed by atoms with Crippen molar-refractivity contribution in [3.05, 3.63) is 70.2 Å². The zero-order valence-corrected chi connectivity index (χ0v) is 14.3. The van der Waals surface area contributed by atoms with Gasteiger partial charge in [-0.2, -0.15) is 0 Å². The summed E-state index contributed by atoms with van der Waals surface area (Å²) in [7, 11) is 0. The van der Waals surface area contributed by atoms with Crippen LogP contribution in [-0.2, 0) is 10.3 Å². The second kappa shape index (κ2) is 6.49. The Morgan fingerprint density at radius 3 is 2.50 bits per heavy atom. The highest BCUT2D eigenvalue weighted by Gasteiger charge is 2.50. The molecule has 2 aromatic carbocycles. The molecule has 1 fully saturated rings. The van der Waals surface area contributed by atoms with E-state index in [0.29, 0.717) is 5.56 Å². The van der Waals surface area contributed by atoms with Crippen LogP contribution < -0.4 is 5.32 Å². The fourth-order valence-corrected chi connectivity index (χ4v) is 3.12. The minimum atomic E-state index is -1.43. The smallest absolute Gasteiger partial charge is 0.319 e. The SMILES string of the molecule is C[C@]1(c2ccccc2Cl)NC(=O)N(CC(=O)c2ccc(F)c(F)c2)C1=O. The molecule has 1 saturated heterocycles. The zero-order valence-electron chi connectivity index (χ0n) is 13.6. The summed E-state index contributed by atoms with van der Waals surface area (Å²) in [5.41, 5.74) is -1.18. The number of amides is 3. The zero-order chi connectivity index (χ0) is 19.1. The van der Waals surface area contributed by atoms with E-state index in [1.165, 1.54) is 6.92 Å². The van der Waals surface area contributed by atoms with Crippen LogP contribution in [0.2, 0.25) is 5.02 Å². The van der Waals surface area contributed by atoms with Crippen molar-refractivity contribution in [2.24, 2.45) is 0 Å². The molecule has 0 bridgehead atoms. The summed E-state index contributed by atoms with van der Waals surface area (Å²) in [5.74, 6) is -3.64. The van der Waals surface area contributed by atoms with Crippen LogP contribution in [0.3, 0.4) is 0 Å². The van der Waals surface area contributed by atoms with E-state index in [4.69, 9.17) is 11.6 Å². The Morgan fingerprint density at radius 2 is 1.85 bits per heavy atom. The van der Waals surface area contributed by atoms with Crippen LogP contribution in [0.4, 0.5) is 13.6 Å². The normalized spacial score (nSPS) is 19.6. The van der Waals surface area contributed by atoms with Crippen LogP contribution in [0.25, 0.3) is 0 Å². The number of carbonyl (C=O) groups excluding carboxylic acids is 3. The first-order chi connectivity index (χ1) is 12.2. The van der Waals surface area contributed by atoms with Crippen molar-refractivity contribution < 1.29 is 23.2 Å². The maximum atomic E-state index is 13.3. The van der Waals surface area contributed by atoms with Crippen molar-refractivity contribution in [3.8, 4) is 0 Å². The Morgan fingerprint density at radius 1 is 1.15 bits per heavy atom. The predicted octanol–water partition coefficient (Wildman–Crippen LogP) is 3.27. The summed E-state index contributed by atoms with van der Waals surface area (Å²) < 4.78 is 26.3. The molecule has 26 heavy (non-hydrogen) atoms. The summed E-state index contributed by atoms with van der Waals surface area (Å²) in [6.07, 6.45) is 0. The number of ketones is 1. The molecule has 2 aromatic rings. The lowest BCUT2D eigenvalue weighted by Crippen LogP contribution is -2.41. The molecule has 1 N–H and O–H groups in total. The molecule has 0 saturated carbocycles. The van der Waals surface area contributed by atoms with Gasteiger partial charge in [0.2, 0.25) is 0 Å². The van der Waals surface area contributed by atoms with Gasteiger partial charge in [-0.25, -0.2) is 13.6 Å². The number of hydrogen-bond donors (Lipinski definition) is 1. The maximum Gasteiger partial charge on any atom is 0.325 e. The highest BCUT2D eigenvalue weighted by molar-refractivity contribution is 6.32. The molecular formula is C18H13ClF2N2O3. The Balaban J connectivity index is 1.86. The number of Topliss-reactive ketones (excluding diaryl/α,β-unsaturated/α-hetero) is 1. The van der Waals surface area contributed by atoms with Crippen LogP contribution in [0.5, 0.6) is 0 Å². The van der Waals surface area contributed by atoms with Gasteiger partial charge in [-0.15, -0.1) is 0 Å². The van der Waals surface area contributed by atoms with Crippen LogP contribution in [0, 0.1) is 11.6 Å². The summed E-state index contributed by atoms with van der Waals surface area (Å²) in [4.78, 5) is 38.0. The highest BCUT2D eigenvalue weighted by atomic mass is 35.5. The molecule has 134 valence electrons. The number of benzene rings is 2. The van der Waals surface area contributed by atoms with Crippen LogP contribution in [0.1, 0.15) is 22.8 Å². The average Bonchev–Trinajstić information content (AvgIpc) is 2.81. The lowest BCUT2D eigenvalue weighted by Gasteiger charge is -2.23. The van der Waals surface area contributed by atoms with Gasteiger partial charge in [0.1, 0.15) is 5.54 Å². The van der Waals surface area contributed by atoms with Crippen molar-refractivity contribution >= 4 is 29.3 Å². The number of halogens is 3. The Bertz CT molecular complexity index is 934. The van der Waals surface area contributed by atoms with Crippen LogP contribution in [-0.4, -0.2) is 29.2 Å². The van der Waals surface area contributed by atoms with Gasteiger partial charge in [0.25, 0.3) is 5.91 Å². The molecule has 3 rings (SSSR count). The summed E-state index contributed by atoms with van der Waals surface area (Å²) in [5, 5.41) is 2.82. The number of nitrogens with one attached hydrogen (secondary N) is 1. The first kappa shape index (κ1) is 18.0. The van der Waals surface area contributed by atoms with E-state index >= 15 is 0 Å². The number of carbonyl (C=O) groups is 3. The molecule has 3 amide bonds. The first-order valence-corrected chi connectivity index (χ1v) is 7.99. The monoisotopic (exact) mass is 378 g/mol. The lowest BCUT2D eigenvalue weighted by atomic mass is 9.92. The van der Waals surface area contributed by atoms with Crippen molar-refractivity contribution in [1.82, 2.24) is 10.2 Å². The second-order valence-corrected chi connectivity index (χ2v) is 6.39. The molecule has 0 aliphatic carbocycles.